The predicted molar refractivity (Wildman–Crippen MR) is 158 cm³/mol. The minimum atomic E-state index is -1.96. The van der Waals surface area contributed by atoms with Gasteiger partial charge in [-0.25, -0.2) is 23.2 Å². The molecule has 42 heavy (non-hydrogen) atoms. The Morgan fingerprint density at radius 2 is 2.02 bits per heavy atom. The topological polar surface area (TPSA) is 120 Å². The maximum atomic E-state index is 15.1. The number of carboxylic acid groups (broad SMARTS) is 1. The molecule has 4 aromatic rings. The van der Waals surface area contributed by atoms with Crippen molar-refractivity contribution in [2.24, 2.45) is 11.1 Å². The molecule has 1 atom stereocenters. The zero-order valence-corrected chi connectivity index (χ0v) is 24.5. The first-order valence-corrected chi connectivity index (χ1v) is 15.7. The summed E-state index contributed by atoms with van der Waals surface area (Å²) in [6.45, 7) is 1.56. The van der Waals surface area contributed by atoms with Crippen LogP contribution in [-0.4, -0.2) is 55.4 Å². The van der Waals surface area contributed by atoms with Crippen LogP contribution in [0.3, 0.4) is 0 Å². The Labute approximate surface area is 248 Å². The number of carboxylic acids is 1. The van der Waals surface area contributed by atoms with Gasteiger partial charge < -0.3 is 14.6 Å². The summed E-state index contributed by atoms with van der Waals surface area (Å²) in [4.78, 5) is 18.0. The van der Waals surface area contributed by atoms with E-state index in [2.05, 4.69) is 9.88 Å². The average molecular weight is 610 g/mol. The molecule has 1 saturated carbocycles. The van der Waals surface area contributed by atoms with Gasteiger partial charge >= 0.3 is 5.97 Å². The molecule has 1 unspecified atom stereocenters. The molecule has 0 saturated heterocycles. The monoisotopic (exact) mass is 609 g/mol. The summed E-state index contributed by atoms with van der Waals surface area (Å²) in [5.74, 6) is -1.66. The third kappa shape index (κ3) is 5.90. The molecule has 1 aliphatic carbocycles. The van der Waals surface area contributed by atoms with Gasteiger partial charge in [0.2, 0.25) is 10.0 Å². The molecule has 2 aromatic heterocycles. The number of halogens is 2. The molecule has 0 bridgehead atoms. The van der Waals surface area contributed by atoms with E-state index in [1.165, 1.54) is 34.9 Å². The lowest BCUT2D eigenvalue weighted by atomic mass is 9.93. The van der Waals surface area contributed by atoms with E-state index >= 15 is 4.39 Å². The number of aromatic nitrogens is 3. The molecule has 0 spiro atoms. The maximum absolute atomic E-state index is 15.1. The molecule has 6 rings (SSSR count). The van der Waals surface area contributed by atoms with Crippen LogP contribution in [0.1, 0.15) is 52.1 Å². The summed E-state index contributed by atoms with van der Waals surface area (Å²) in [5, 5.41) is 21.8. The van der Waals surface area contributed by atoms with Crippen molar-refractivity contribution in [3.63, 3.8) is 0 Å². The van der Waals surface area contributed by atoms with Crippen LogP contribution in [0.4, 0.5) is 8.78 Å². The van der Waals surface area contributed by atoms with E-state index in [4.69, 9.17) is 10.2 Å². The number of thiazole rings is 1. The van der Waals surface area contributed by atoms with Gasteiger partial charge in [-0.3, -0.25) is 0 Å². The van der Waals surface area contributed by atoms with Crippen LogP contribution in [0.2, 0.25) is 0 Å². The van der Waals surface area contributed by atoms with Crippen LogP contribution in [0.15, 0.2) is 52.7 Å². The molecule has 1 fully saturated rings. The van der Waals surface area contributed by atoms with Gasteiger partial charge in [0.05, 0.1) is 22.7 Å². The number of carbonyl (C=O) groups is 1. The lowest BCUT2D eigenvalue weighted by Crippen LogP contribution is -2.23. The smallest absolute Gasteiger partial charge is 0.355 e. The Kier molecular flexibility index (Phi) is 7.99. The molecule has 1 aliphatic heterocycles. The first-order valence-electron chi connectivity index (χ1n) is 13.6. The molecule has 8 nitrogen and oxygen atoms in total. The Balaban J connectivity index is 1.51. The first-order chi connectivity index (χ1) is 20.2. The Bertz CT molecular complexity index is 1700. The van der Waals surface area contributed by atoms with Gasteiger partial charge in [-0.2, -0.15) is 5.10 Å². The molecular weight excluding hydrogens is 580 g/mol. The number of likely N-dealkylation sites (N-methyl/N-ethyl adjacent to an activating group) is 1. The molecule has 2 aliphatic rings. The highest BCUT2D eigenvalue weighted by Crippen LogP contribution is 2.39. The second kappa shape index (κ2) is 11.7. The summed E-state index contributed by atoms with van der Waals surface area (Å²) in [6.07, 6.45) is 5.86. The van der Waals surface area contributed by atoms with Crippen molar-refractivity contribution in [1.82, 2.24) is 19.7 Å². The van der Waals surface area contributed by atoms with Gasteiger partial charge in [-0.05, 0) is 80.1 Å². The van der Waals surface area contributed by atoms with E-state index in [1.807, 2.05) is 19.2 Å². The normalized spacial score (nSPS) is 16.5. The third-order valence-electron chi connectivity index (χ3n) is 7.75. The van der Waals surface area contributed by atoms with Crippen molar-refractivity contribution in [1.29, 1.82) is 0 Å². The number of nitrogens with two attached hydrogens (primary N) is 1. The van der Waals surface area contributed by atoms with Gasteiger partial charge in [-0.1, -0.05) is 12.1 Å². The Morgan fingerprint density at radius 3 is 2.67 bits per heavy atom. The number of nitrogens with zero attached hydrogens (tertiary/aromatic N) is 4. The number of benzene rings is 2. The molecule has 0 amide bonds. The third-order valence-corrected chi connectivity index (χ3v) is 9.33. The standard InChI is InChI=1S/C30H29F2N5O3S2/c1-36-10-8-19(9-11-36)21-15-20(5-6-23(21)31)28-22(12-18-4-7-27(42(33)40)24(32)13-18)26(14-17-2-3-17)37(35-28)30-34-25(16-41-30)29(38)39/h4-8,13,15-17H,2-3,9-12,14,33H2,1H3,(H,38,39). The fourth-order valence-corrected chi connectivity index (χ4v) is 6.51. The summed E-state index contributed by atoms with van der Waals surface area (Å²) < 4.78 is 43.4. The molecule has 12 heteroatoms. The second-order valence-corrected chi connectivity index (χ2v) is 12.7. The van der Waals surface area contributed by atoms with Gasteiger partial charge in [0.15, 0.2) is 11.5 Å². The highest BCUT2D eigenvalue weighted by atomic mass is 32.2. The van der Waals surface area contributed by atoms with Gasteiger partial charge in [-0.15, -0.1) is 16.5 Å². The second-order valence-electron chi connectivity index (χ2n) is 10.8. The van der Waals surface area contributed by atoms with E-state index in [0.717, 1.165) is 49.2 Å². The van der Waals surface area contributed by atoms with Crippen LogP contribution in [0.5, 0.6) is 0 Å². The first kappa shape index (κ1) is 28.7. The van der Waals surface area contributed by atoms with Crippen molar-refractivity contribution < 1.29 is 23.2 Å². The molecule has 0 radical (unpaired) electrons. The Hall–Kier alpha value is -3.42. The van der Waals surface area contributed by atoms with Gasteiger partial charge in [0, 0.05) is 41.6 Å². The number of rotatable bonds is 9. The quantitative estimate of drug-likeness (QED) is 0.250. The van der Waals surface area contributed by atoms with Crippen molar-refractivity contribution in [3.8, 4) is 16.4 Å². The lowest BCUT2D eigenvalue weighted by Gasteiger charge is -2.22. The number of hydrogen-bond acceptors (Lipinski definition) is 7. The summed E-state index contributed by atoms with van der Waals surface area (Å²) in [7, 11) is 2.02. The summed E-state index contributed by atoms with van der Waals surface area (Å²) in [6, 6.07) is 9.40. The zero-order valence-electron chi connectivity index (χ0n) is 22.8. The van der Waals surface area contributed by atoms with Crippen LogP contribution >= 0.6 is 11.3 Å². The fourth-order valence-electron chi connectivity index (χ4n) is 5.28. The highest BCUT2D eigenvalue weighted by molar-refractivity contribution is 7.89. The van der Waals surface area contributed by atoms with E-state index in [1.54, 1.807) is 16.8 Å². The lowest BCUT2D eigenvalue weighted by molar-refractivity contribution is 0.0691. The fraction of sp³-hybridized carbons (Fsp3) is 0.300. The van der Waals surface area contributed by atoms with E-state index in [-0.39, 0.29) is 16.4 Å². The SMILES string of the molecule is CN1CC=C(c2cc(-c3nn(-c4nc(C(=O)O)cs4)c(CC4CC4)c3Cc3ccc([S+](N)[O-])c(F)c3)ccc2F)CC1. The number of aromatic carboxylic acids is 1. The largest absolute Gasteiger partial charge is 0.593 e. The van der Waals surface area contributed by atoms with Crippen LogP contribution in [0, 0.1) is 17.6 Å². The summed E-state index contributed by atoms with van der Waals surface area (Å²) in [5.41, 5.74) is 4.99. The summed E-state index contributed by atoms with van der Waals surface area (Å²) >= 11 is -0.776. The molecule has 3 N–H and O–H groups in total. The van der Waals surface area contributed by atoms with Crippen molar-refractivity contribution >= 4 is 34.2 Å². The zero-order chi connectivity index (χ0) is 29.5. The number of hydrogen-bond donors (Lipinski definition) is 2. The minimum absolute atomic E-state index is 0.0725. The van der Waals surface area contributed by atoms with E-state index < -0.39 is 23.1 Å². The van der Waals surface area contributed by atoms with Crippen molar-refractivity contribution in [2.45, 2.75) is 37.0 Å². The van der Waals surface area contributed by atoms with Crippen LogP contribution < -0.4 is 5.14 Å². The predicted octanol–water partition coefficient (Wildman–Crippen LogP) is 5.22. The molecule has 218 valence electrons. The van der Waals surface area contributed by atoms with Crippen molar-refractivity contribution in [3.05, 3.63) is 87.6 Å². The average Bonchev–Trinajstić information content (AvgIpc) is 3.52. The maximum Gasteiger partial charge on any atom is 0.355 e. The molecular formula is C30H29F2N5O3S2. The molecule has 3 heterocycles. The Morgan fingerprint density at radius 1 is 1.21 bits per heavy atom. The van der Waals surface area contributed by atoms with Crippen LogP contribution in [-0.2, 0) is 24.2 Å². The highest BCUT2D eigenvalue weighted by Gasteiger charge is 2.30. The van der Waals surface area contributed by atoms with E-state index in [9.17, 15) is 18.8 Å². The van der Waals surface area contributed by atoms with E-state index in [0.29, 0.717) is 46.3 Å². The van der Waals surface area contributed by atoms with Crippen molar-refractivity contribution in [2.75, 3.05) is 20.1 Å². The van der Waals surface area contributed by atoms with Gasteiger partial charge in [0.1, 0.15) is 5.82 Å². The minimum Gasteiger partial charge on any atom is -0.593 e. The van der Waals surface area contributed by atoms with Gasteiger partial charge in [0.25, 0.3) is 0 Å². The molecule has 2 aromatic carbocycles. The van der Waals surface area contributed by atoms with Crippen LogP contribution in [0.25, 0.3) is 22.0 Å².